The number of fused-ring (bicyclic) bond motifs is 2. The number of carbonyl (C=O) groups is 2. The first-order valence-electron chi connectivity index (χ1n) is 10.9. The maximum absolute atomic E-state index is 13.1. The first kappa shape index (κ1) is 19.9. The quantitative estimate of drug-likeness (QED) is 0.464. The lowest BCUT2D eigenvalue weighted by Crippen LogP contribution is -2.32. The summed E-state index contributed by atoms with van der Waals surface area (Å²) in [6.45, 7) is 0. The van der Waals surface area contributed by atoms with Gasteiger partial charge in [-0.3, -0.25) is 9.59 Å². The van der Waals surface area contributed by atoms with Crippen LogP contribution in [-0.2, 0) is 9.59 Å². The lowest BCUT2D eigenvalue weighted by Gasteiger charge is -2.24. The normalized spacial score (nSPS) is 23.7. The highest BCUT2D eigenvalue weighted by Gasteiger charge is 2.49. The highest BCUT2D eigenvalue weighted by molar-refractivity contribution is 6.30. The van der Waals surface area contributed by atoms with Gasteiger partial charge in [0, 0.05) is 10.7 Å². The molecule has 1 aromatic heterocycles. The molecule has 2 aliphatic heterocycles. The largest absolute Gasteiger partial charge is 0.324 e. The summed E-state index contributed by atoms with van der Waals surface area (Å²) >= 11 is 6.11. The summed E-state index contributed by atoms with van der Waals surface area (Å²) in [6, 6.07) is 17.2. The molecule has 7 nitrogen and oxygen atoms in total. The molecule has 0 bridgehead atoms. The SMILES string of the molecule is O=C1C2CC=CCC2C(=O)N1c1nc2n(n1)C(c1ccc(Cl)cc1)C=C(c1ccccc1)N2. The predicted octanol–water partition coefficient (Wildman–Crippen LogP) is 4.44. The Bertz CT molecular complexity index is 1290. The number of halogens is 1. The number of nitrogens with zero attached hydrogens (tertiary/aromatic N) is 4. The first-order valence-corrected chi connectivity index (χ1v) is 11.3. The van der Waals surface area contributed by atoms with E-state index in [4.69, 9.17) is 11.6 Å². The fourth-order valence-electron chi connectivity index (χ4n) is 4.76. The van der Waals surface area contributed by atoms with E-state index in [9.17, 15) is 9.59 Å². The lowest BCUT2D eigenvalue weighted by atomic mass is 9.85. The van der Waals surface area contributed by atoms with Crippen molar-refractivity contribution in [3.8, 4) is 0 Å². The third-order valence-electron chi connectivity index (χ3n) is 6.46. The average Bonchev–Trinajstić information content (AvgIpc) is 3.38. The molecule has 3 atom stereocenters. The molecule has 3 aromatic rings. The van der Waals surface area contributed by atoms with Crippen LogP contribution in [-0.4, -0.2) is 26.6 Å². The topological polar surface area (TPSA) is 80.1 Å². The van der Waals surface area contributed by atoms with E-state index in [-0.39, 0.29) is 35.6 Å². The number of nitrogens with one attached hydrogen (secondary N) is 1. The number of imide groups is 1. The van der Waals surface area contributed by atoms with Gasteiger partial charge in [-0.1, -0.05) is 66.2 Å². The summed E-state index contributed by atoms with van der Waals surface area (Å²) in [4.78, 5) is 31.9. The van der Waals surface area contributed by atoms with Crippen molar-refractivity contribution in [1.82, 2.24) is 14.8 Å². The Kier molecular flexibility index (Phi) is 4.66. The van der Waals surface area contributed by atoms with Gasteiger partial charge in [0.1, 0.15) is 6.04 Å². The number of anilines is 2. The van der Waals surface area contributed by atoms with Crippen molar-refractivity contribution < 1.29 is 9.59 Å². The van der Waals surface area contributed by atoms with E-state index in [1.807, 2.05) is 66.7 Å². The molecule has 8 heteroatoms. The summed E-state index contributed by atoms with van der Waals surface area (Å²) < 4.78 is 1.71. The van der Waals surface area contributed by atoms with Crippen LogP contribution >= 0.6 is 11.6 Å². The number of benzene rings is 2. The minimum Gasteiger partial charge on any atom is -0.324 e. The number of amides is 2. The van der Waals surface area contributed by atoms with Crippen molar-refractivity contribution in [2.45, 2.75) is 18.9 Å². The maximum atomic E-state index is 13.1. The van der Waals surface area contributed by atoms with Gasteiger partial charge in [0.15, 0.2) is 0 Å². The van der Waals surface area contributed by atoms with Crippen LogP contribution in [0.5, 0.6) is 0 Å². The molecule has 3 heterocycles. The standard InChI is InChI=1S/C25H20ClN5O2/c26-17-12-10-16(11-13-17)21-14-20(15-6-2-1-3-7-15)27-24-28-25(29-31(21)24)30-22(32)18-8-4-5-9-19(18)23(30)33/h1-7,10-14,18-19,21H,8-9H2,(H,27,28,29). The molecule has 1 fully saturated rings. The Balaban J connectivity index is 1.43. The van der Waals surface area contributed by atoms with E-state index in [1.54, 1.807) is 4.68 Å². The number of rotatable bonds is 3. The Morgan fingerprint density at radius 1 is 0.909 bits per heavy atom. The second-order valence-electron chi connectivity index (χ2n) is 8.42. The molecule has 3 aliphatic rings. The number of aromatic nitrogens is 3. The second kappa shape index (κ2) is 7.71. The van der Waals surface area contributed by atoms with E-state index < -0.39 is 0 Å². The van der Waals surface area contributed by atoms with Crippen molar-refractivity contribution in [1.29, 1.82) is 0 Å². The summed E-state index contributed by atoms with van der Waals surface area (Å²) in [5.74, 6) is -0.529. The number of hydrogen-bond donors (Lipinski definition) is 1. The molecule has 1 aliphatic carbocycles. The summed E-state index contributed by atoms with van der Waals surface area (Å²) in [6.07, 6.45) is 7.14. The van der Waals surface area contributed by atoms with Gasteiger partial charge in [-0.05, 0) is 42.2 Å². The molecule has 0 saturated carbocycles. The van der Waals surface area contributed by atoms with E-state index in [0.29, 0.717) is 23.8 Å². The zero-order chi connectivity index (χ0) is 22.5. The van der Waals surface area contributed by atoms with E-state index in [0.717, 1.165) is 21.7 Å². The summed E-state index contributed by atoms with van der Waals surface area (Å²) in [5, 5.41) is 8.60. The Morgan fingerprint density at radius 2 is 1.58 bits per heavy atom. The predicted molar refractivity (Wildman–Crippen MR) is 126 cm³/mol. The fraction of sp³-hybridized carbons (Fsp3) is 0.200. The van der Waals surface area contributed by atoms with Crippen molar-refractivity contribution in [2.24, 2.45) is 11.8 Å². The molecule has 33 heavy (non-hydrogen) atoms. The molecule has 1 N–H and O–H groups in total. The smallest absolute Gasteiger partial charge is 0.260 e. The van der Waals surface area contributed by atoms with Crippen molar-refractivity contribution in [2.75, 3.05) is 10.2 Å². The summed E-state index contributed by atoms with van der Waals surface area (Å²) in [7, 11) is 0. The van der Waals surface area contributed by atoms with Crippen molar-refractivity contribution >= 4 is 41.0 Å². The van der Waals surface area contributed by atoms with Crippen LogP contribution in [0.15, 0.2) is 72.8 Å². The van der Waals surface area contributed by atoms with Crippen LogP contribution in [0.2, 0.25) is 5.02 Å². The van der Waals surface area contributed by atoms with E-state index >= 15 is 0 Å². The Morgan fingerprint density at radius 3 is 2.24 bits per heavy atom. The van der Waals surface area contributed by atoms with Gasteiger partial charge in [-0.15, -0.1) is 5.10 Å². The Hall–Kier alpha value is -3.71. The highest BCUT2D eigenvalue weighted by atomic mass is 35.5. The number of allylic oxidation sites excluding steroid dienone is 3. The molecule has 6 rings (SSSR count). The van der Waals surface area contributed by atoms with Crippen LogP contribution in [0.3, 0.4) is 0 Å². The highest BCUT2D eigenvalue weighted by Crippen LogP contribution is 2.39. The minimum absolute atomic E-state index is 0.114. The summed E-state index contributed by atoms with van der Waals surface area (Å²) in [5.41, 5.74) is 2.83. The third-order valence-corrected chi connectivity index (χ3v) is 6.71. The van der Waals surface area contributed by atoms with Gasteiger partial charge in [-0.25, -0.2) is 9.58 Å². The van der Waals surface area contributed by atoms with Gasteiger partial charge in [0.25, 0.3) is 5.95 Å². The molecule has 0 spiro atoms. The second-order valence-corrected chi connectivity index (χ2v) is 8.85. The molecule has 3 unspecified atom stereocenters. The molecule has 2 aromatic carbocycles. The van der Waals surface area contributed by atoms with Gasteiger partial charge < -0.3 is 5.32 Å². The average molecular weight is 458 g/mol. The Labute approximate surface area is 195 Å². The number of hydrogen-bond acceptors (Lipinski definition) is 5. The number of carbonyl (C=O) groups excluding carboxylic acids is 2. The van der Waals surface area contributed by atoms with E-state index in [1.165, 1.54) is 0 Å². The molecular weight excluding hydrogens is 438 g/mol. The molecule has 2 amide bonds. The fourth-order valence-corrected chi connectivity index (χ4v) is 4.88. The van der Waals surface area contributed by atoms with Crippen LogP contribution < -0.4 is 10.2 Å². The van der Waals surface area contributed by atoms with Crippen molar-refractivity contribution in [3.05, 3.63) is 89.0 Å². The zero-order valence-corrected chi connectivity index (χ0v) is 18.3. The molecule has 164 valence electrons. The first-order chi connectivity index (χ1) is 16.1. The molecule has 1 saturated heterocycles. The maximum Gasteiger partial charge on any atom is 0.260 e. The molecule has 0 radical (unpaired) electrons. The van der Waals surface area contributed by atoms with Gasteiger partial charge >= 0.3 is 0 Å². The van der Waals surface area contributed by atoms with Crippen LogP contribution in [0, 0.1) is 11.8 Å². The zero-order valence-electron chi connectivity index (χ0n) is 17.6. The third kappa shape index (κ3) is 3.27. The van der Waals surface area contributed by atoms with Crippen LogP contribution in [0.25, 0.3) is 5.70 Å². The van der Waals surface area contributed by atoms with Crippen LogP contribution in [0.1, 0.15) is 30.0 Å². The monoisotopic (exact) mass is 457 g/mol. The van der Waals surface area contributed by atoms with Gasteiger partial charge in [0.2, 0.25) is 17.8 Å². The minimum atomic E-state index is -0.332. The molecular formula is C25H20ClN5O2. The van der Waals surface area contributed by atoms with E-state index in [2.05, 4.69) is 21.5 Å². The van der Waals surface area contributed by atoms with Gasteiger partial charge in [-0.2, -0.15) is 4.98 Å². The van der Waals surface area contributed by atoms with Gasteiger partial charge in [0.05, 0.1) is 11.8 Å². The lowest BCUT2D eigenvalue weighted by molar-refractivity contribution is -0.122. The van der Waals surface area contributed by atoms with Crippen LogP contribution in [0.4, 0.5) is 11.9 Å². The van der Waals surface area contributed by atoms with Crippen molar-refractivity contribution in [3.63, 3.8) is 0 Å².